The smallest absolute Gasteiger partial charge is 0.416 e. The highest BCUT2D eigenvalue weighted by atomic mass is 127. The van der Waals surface area contributed by atoms with Crippen LogP contribution in [0.4, 0.5) is 13.2 Å². The van der Waals surface area contributed by atoms with Crippen LogP contribution in [0.2, 0.25) is 0 Å². The summed E-state index contributed by atoms with van der Waals surface area (Å²) in [5, 5.41) is 6.26. The maximum absolute atomic E-state index is 12.6. The van der Waals surface area contributed by atoms with E-state index in [4.69, 9.17) is 4.74 Å². The van der Waals surface area contributed by atoms with Gasteiger partial charge in [-0.25, -0.2) is 4.98 Å². The van der Waals surface area contributed by atoms with Crippen LogP contribution in [-0.2, 0) is 19.3 Å². The Balaban J connectivity index is 0.00000300. The Bertz CT molecular complexity index is 808. The molecule has 1 aliphatic rings. The van der Waals surface area contributed by atoms with Crippen LogP contribution in [0, 0.1) is 5.92 Å². The molecule has 0 aliphatic heterocycles. The fourth-order valence-electron chi connectivity index (χ4n) is 2.53. The first kappa shape index (κ1) is 23.2. The summed E-state index contributed by atoms with van der Waals surface area (Å²) in [6.07, 6.45) is -0.169. The monoisotopic (exact) mass is 520 g/mol. The summed E-state index contributed by atoms with van der Waals surface area (Å²) in [5.41, 5.74) is 1.07. The zero-order valence-corrected chi connectivity index (χ0v) is 18.3. The molecular formula is C20H24F3IN4O. The second-order valence-electron chi connectivity index (χ2n) is 6.73. The van der Waals surface area contributed by atoms with Gasteiger partial charge in [0.15, 0.2) is 5.96 Å². The number of pyridine rings is 1. The molecule has 0 spiro atoms. The van der Waals surface area contributed by atoms with Crippen molar-refractivity contribution < 1.29 is 17.9 Å². The number of benzene rings is 1. The van der Waals surface area contributed by atoms with Crippen LogP contribution >= 0.6 is 24.0 Å². The minimum atomic E-state index is -4.32. The van der Waals surface area contributed by atoms with Crippen LogP contribution in [0.3, 0.4) is 0 Å². The molecular weight excluding hydrogens is 496 g/mol. The summed E-state index contributed by atoms with van der Waals surface area (Å²) >= 11 is 0. The van der Waals surface area contributed by atoms with Gasteiger partial charge in [0.25, 0.3) is 0 Å². The van der Waals surface area contributed by atoms with E-state index in [9.17, 15) is 13.2 Å². The van der Waals surface area contributed by atoms with Crippen LogP contribution < -0.4 is 15.4 Å². The summed E-state index contributed by atoms with van der Waals surface area (Å²) < 4.78 is 43.5. The Morgan fingerprint density at radius 1 is 1.10 bits per heavy atom. The maximum atomic E-state index is 12.6. The first-order chi connectivity index (χ1) is 13.4. The molecule has 2 N–H and O–H groups in total. The standard InChI is InChI=1S/C20H23F3N4O.HI/c1-24-19(26-11-14-4-6-17(7-5-14)20(21,22)23)27-12-16-8-9-25-18(10-16)28-13-15-2-3-15;/h4-10,15H,2-3,11-13H2,1H3,(H2,24,26,27);1H. The van der Waals surface area contributed by atoms with Gasteiger partial charge in [0, 0.05) is 32.4 Å². The maximum Gasteiger partial charge on any atom is 0.416 e. The molecule has 0 saturated heterocycles. The van der Waals surface area contributed by atoms with Crippen LogP contribution in [0.15, 0.2) is 47.6 Å². The Labute approximate surface area is 185 Å². The van der Waals surface area contributed by atoms with Crippen molar-refractivity contribution in [2.75, 3.05) is 13.7 Å². The van der Waals surface area contributed by atoms with E-state index in [0.717, 1.165) is 23.3 Å². The van der Waals surface area contributed by atoms with Crippen LogP contribution in [-0.4, -0.2) is 24.6 Å². The molecule has 0 amide bonds. The predicted molar refractivity (Wildman–Crippen MR) is 116 cm³/mol. The van der Waals surface area contributed by atoms with E-state index in [-0.39, 0.29) is 24.0 Å². The number of hydrogen-bond acceptors (Lipinski definition) is 3. The normalized spacial score (nSPS) is 14.1. The van der Waals surface area contributed by atoms with Crippen molar-refractivity contribution in [2.45, 2.75) is 32.1 Å². The van der Waals surface area contributed by atoms with Crippen molar-refractivity contribution in [1.29, 1.82) is 0 Å². The number of alkyl halides is 3. The molecule has 0 radical (unpaired) electrons. The molecule has 158 valence electrons. The highest BCUT2D eigenvalue weighted by molar-refractivity contribution is 14.0. The average molecular weight is 520 g/mol. The number of guanidine groups is 1. The van der Waals surface area contributed by atoms with Crippen molar-refractivity contribution in [3.63, 3.8) is 0 Å². The largest absolute Gasteiger partial charge is 0.477 e. The number of aliphatic imine (C=N–C) groups is 1. The minimum Gasteiger partial charge on any atom is -0.477 e. The summed E-state index contributed by atoms with van der Waals surface area (Å²) in [4.78, 5) is 8.34. The highest BCUT2D eigenvalue weighted by Crippen LogP contribution is 2.29. The van der Waals surface area contributed by atoms with E-state index >= 15 is 0 Å². The number of hydrogen-bond donors (Lipinski definition) is 2. The number of nitrogens with zero attached hydrogens (tertiary/aromatic N) is 2. The van der Waals surface area contributed by atoms with Gasteiger partial charge in [-0.15, -0.1) is 24.0 Å². The van der Waals surface area contributed by atoms with Gasteiger partial charge in [0.2, 0.25) is 5.88 Å². The van der Waals surface area contributed by atoms with Crippen LogP contribution in [0.1, 0.15) is 29.5 Å². The van der Waals surface area contributed by atoms with Crippen LogP contribution in [0.25, 0.3) is 0 Å². The molecule has 1 heterocycles. The predicted octanol–water partition coefficient (Wildman–Crippen LogP) is 4.37. The Morgan fingerprint density at radius 3 is 2.34 bits per heavy atom. The number of aromatic nitrogens is 1. The van der Waals surface area contributed by atoms with E-state index in [1.165, 1.54) is 25.0 Å². The summed E-state index contributed by atoms with van der Waals surface area (Å²) in [6, 6.07) is 8.84. The third-order valence-electron chi connectivity index (χ3n) is 4.39. The van der Waals surface area contributed by atoms with Gasteiger partial charge in [0.05, 0.1) is 12.2 Å². The van der Waals surface area contributed by atoms with Crippen molar-refractivity contribution in [2.24, 2.45) is 10.9 Å². The van der Waals surface area contributed by atoms with E-state index < -0.39 is 11.7 Å². The number of nitrogens with one attached hydrogen (secondary N) is 2. The van der Waals surface area contributed by atoms with Gasteiger partial charge in [-0.2, -0.15) is 13.2 Å². The van der Waals surface area contributed by atoms with E-state index in [1.807, 2.05) is 12.1 Å². The second kappa shape index (κ2) is 10.7. The van der Waals surface area contributed by atoms with E-state index in [2.05, 4.69) is 20.6 Å². The fourth-order valence-corrected chi connectivity index (χ4v) is 2.53. The fraction of sp³-hybridized carbons (Fsp3) is 0.400. The average Bonchev–Trinajstić information content (AvgIpc) is 3.51. The SMILES string of the molecule is CN=C(NCc1ccc(C(F)(F)F)cc1)NCc1ccnc(OCC2CC2)c1.I. The Hall–Kier alpha value is -2.04. The molecule has 0 atom stereocenters. The first-order valence-corrected chi connectivity index (χ1v) is 9.12. The lowest BCUT2D eigenvalue weighted by molar-refractivity contribution is -0.137. The van der Waals surface area contributed by atoms with Gasteiger partial charge in [0.1, 0.15) is 0 Å². The first-order valence-electron chi connectivity index (χ1n) is 9.12. The van der Waals surface area contributed by atoms with Crippen LogP contribution in [0.5, 0.6) is 5.88 Å². The van der Waals surface area contributed by atoms with Crippen molar-refractivity contribution in [3.8, 4) is 5.88 Å². The molecule has 1 fully saturated rings. The quantitative estimate of drug-likeness (QED) is 0.324. The number of halogens is 4. The Kier molecular flexibility index (Phi) is 8.54. The van der Waals surface area contributed by atoms with Crippen molar-refractivity contribution in [1.82, 2.24) is 15.6 Å². The lowest BCUT2D eigenvalue weighted by Gasteiger charge is -2.13. The van der Waals surface area contributed by atoms with E-state index in [1.54, 1.807) is 13.2 Å². The summed E-state index contributed by atoms with van der Waals surface area (Å²) in [7, 11) is 1.64. The van der Waals surface area contributed by atoms with Gasteiger partial charge in [-0.3, -0.25) is 4.99 Å². The number of rotatable bonds is 7. The van der Waals surface area contributed by atoms with Crippen molar-refractivity contribution in [3.05, 3.63) is 59.3 Å². The number of ether oxygens (including phenoxy) is 1. The zero-order chi connectivity index (χ0) is 20.0. The molecule has 1 aromatic heterocycles. The molecule has 29 heavy (non-hydrogen) atoms. The topological polar surface area (TPSA) is 58.5 Å². The van der Waals surface area contributed by atoms with Gasteiger partial charge in [-0.1, -0.05) is 12.1 Å². The van der Waals surface area contributed by atoms with Gasteiger partial charge >= 0.3 is 6.18 Å². The molecule has 1 aromatic carbocycles. The lowest BCUT2D eigenvalue weighted by Crippen LogP contribution is -2.36. The molecule has 0 unspecified atom stereocenters. The lowest BCUT2D eigenvalue weighted by atomic mass is 10.1. The highest BCUT2D eigenvalue weighted by Gasteiger charge is 2.29. The zero-order valence-electron chi connectivity index (χ0n) is 16.0. The third-order valence-corrected chi connectivity index (χ3v) is 4.39. The summed E-state index contributed by atoms with van der Waals surface area (Å²) in [5.74, 6) is 1.83. The molecule has 2 aromatic rings. The third kappa shape index (κ3) is 7.71. The Morgan fingerprint density at radius 2 is 1.76 bits per heavy atom. The second-order valence-corrected chi connectivity index (χ2v) is 6.73. The summed E-state index contributed by atoms with van der Waals surface area (Å²) in [6.45, 7) is 1.60. The molecule has 9 heteroatoms. The molecule has 0 bridgehead atoms. The molecule has 5 nitrogen and oxygen atoms in total. The minimum absolute atomic E-state index is 0. The molecule has 1 saturated carbocycles. The van der Waals surface area contributed by atoms with Gasteiger partial charge < -0.3 is 15.4 Å². The van der Waals surface area contributed by atoms with Crippen molar-refractivity contribution >= 4 is 29.9 Å². The van der Waals surface area contributed by atoms with E-state index in [0.29, 0.717) is 37.5 Å². The molecule has 1 aliphatic carbocycles. The van der Waals surface area contributed by atoms with Gasteiger partial charge in [-0.05, 0) is 48.1 Å². The molecule has 3 rings (SSSR count).